The van der Waals surface area contributed by atoms with Gasteiger partial charge in [0.25, 0.3) is 0 Å². The van der Waals surface area contributed by atoms with Crippen molar-refractivity contribution in [2.45, 2.75) is 245 Å². The van der Waals surface area contributed by atoms with Gasteiger partial charge in [0.15, 0.2) is 0 Å². The maximum absolute atomic E-state index is 14.4. The van der Waals surface area contributed by atoms with Gasteiger partial charge in [-0.1, -0.05) is 102 Å². The molecular weight excluding hydrogens is 1560 g/mol. The first-order valence-corrected chi connectivity index (χ1v) is 39.5. The van der Waals surface area contributed by atoms with Crippen LogP contribution in [-0.2, 0) is 99.1 Å². The molecule has 668 valence electrons. The van der Waals surface area contributed by atoms with Crippen LogP contribution in [0.4, 0.5) is 0 Å². The summed E-state index contributed by atoms with van der Waals surface area (Å²) in [4.78, 5) is 258. The summed E-state index contributed by atoms with van der Waals surface area (Å²) in [5.74, 6) is -23.3. The Bertz CT molecular complexity index is 3700. The Morgan fingerprint density at radius 2 is 0.697 bits per heavy atom. The maximum atomic E-state index is 14.4. The number of aromatic amines is 2. The first kappa shape index (κ1) is 104. The number of nitrogens with one attached hydrogen (secondary N) is 17. The lowest BCUT2D eigenvalue weighted by Crippen LogP contribution is -2.63. The number of aliphatic carboxylic acids is 2. The molecule has 0 saturated carbocycles. The third-order valence-corrected chi connectivity index (χ3v) is 19.2. The lowest BCUT2D eigenvalue weighted by Gasteiger charge is -2.31. The van der Waals surface area contributed by atoms with Crippen LogP contribution in [0.5, 0.6) is 0 Å². The normalized spacial score (nSPS) is 15.3. The molecule has 0 aromatic carbocycles. The monoisotopic (exact) mass is 1690 g/mol. The number of aromatic nitrogens is 4. The molecule has 45 heteroatoms. The summed E-state index contributed by atoms with van der Waals surface area (Å²) < 4.78 is 0. The molecule has 0 aliphatic rings. The number of H-pyrrole nitrogens is 2. The summed E-state index contributed by atoms with van der Waals surface area (Å²) in [6.07, 6.45) is 5.46. The summed E-state index contributed by atoms with van der Waals surface area (Å²) in [6.45, 7) is 15.9. The summed E-state index contributed by atoms with van der Waals surface area (Å²) in [5.41, 5.74) is 23.2. The van der Waals surface area contributed by atoms with Gasteiger partial charge in [-0.15, -0.1) is 0 Å². The van der Waals surface area contributed by atoms with Crippen molar-refractivity contribution in [2.75, 3.05) is 39.4 Å². The highest BCUT2D eigenvalue weighted by Crippen LogP contribution is 2.16. The minimum Gasteiger partial charge on any atom is -0.481 e. The minimum atomic E-state index is -1.97. The van der Waals surface area contributed by atoms with E-state index in [1.165, 1.54) is 52.7 Å². The number of primary amides is 1. The van der Waals surface area contributed by atoms with Crippen molar-refractivity contribution in [3.8, 4) is 0 Å². The Labute approximate surface area is 689 Å². The largest absolute Gasteiger partial charge is 0.481 e. The molecule has 45 nitrogen and oxygen atoms in total. The number of aliphatic hydroxyl groups is 2. The Balaban J connectivity index is 2.33. The molecule has 2 heterocycles. The molecule has 0 fully saturated rings. The van der Waals surface area contributed by atoms with Crippen molar-refractivity contribution in [2.24, 2.45) is 58.4 Å². The van der Waals surface area contributed by atoms with Crippen molar-refractivity contribution in [1.29, 1.82) is 0 Å². The number of nitrogens with two attached hydrogens (primary N) is 4. The van der Waals surface area contributed by atoms with Gasteiger partial charge in [-0.2, -0.15) is 0 Å². The number of nitrogens with zero attached hydrogens (tertiary/aromatic N) is 2. The van der Waals surface area contributed by atoms with Gasteiger partial charge in [-0.3, -0.25) is 81.5 Å². The molecule has 16 atom stereocenters. The second-order valence-corrected chi connectivity index (χ2v) is 30.4. The van der Waals surface area contributed by atoms with Crippen LogP contribution in [-0.4, -0.2) is 271 Å². The molecule has 0 spiro atoms. The van der Waals surface area contributed by atoms with E-state index in [9.17, 15) is 107 Å². The van der Waals surface area contributed by atoms with Crippen LogP contribution in [0.1, 0.15) is 159 Å². The van der Waals surface area contributed by atoms with Crippen LogP contribution < -0.4 is 103 Å². The first-order valence-electron chi connectivity index (χ1n) is 39.5. The minimum absolute atomic E-state index is 0.0258. The number of carboxylic acids is 2. The van der Waals surface area contributed by atoms with Crippen molar-refractivity contribution in [3.05, 3.63) is 36.4 Å². The van der Waals surface area contributed by atoms with E-state index in [1.54, 1.807) is 55.4 Å². The first-order chi connectivity index (χ1) is 56.0. The van der Waals surface area contributed by atoms with Crippen molar-refractivity contribution in [3.63, 3.8) is 0 Å². The highest BCUT2D eigenvalue weighted by atomic mass is 16.4. The lowest BCUT2D eigenvalue weighted by molar-refractivity contribution is -0.142. The van der Waals surface area contributed by atoms with Gasteiger partial charge in [-0.25, -0.2) is 14.8 Å². The molecule has 119 heavy (non-hydrogen) atoms. The molecule has 2 rings (SSSR count). The zero-order valence-corrected chi connectivity index (χ0v) is 69.4. The number of carbonyl (C=O) groups is 18. The second-order valence-electron chi connectivity index (χ2n) is 30.4. The number of amides is 16. The molecule has 0 unspecified atom stereocenters. The van der Waals surface area contributed by atoms with E-state index in [1.807, 2.05) is 0 Å². The zero-order chi connectivity index (χ0) is 90.1. The average Bonchev–Trinajstić information content (AvgIpc) is 1.48. The number of unbranched alkanes of at least 4 members (excludes halogenated alkanes) is 2. The molecule has 2 aromatic rings. The topological polar surface area (TPSA) is 730 Å². The number of imidazole rings is 2. The third-order valence-electron chi connectivity index (χ3n) is 19.2. The van der Waals surface area contributed by atoms with E-state index in [-0.39, 0.29) is 50.8 Å². The molecular formula is C74H125N23O22. The Morgan fingerprint density at radius 3 is 1.09 bits per heavy atom. The van der Waals surface area contributed by atoms with Gasteiger partial charge in [0, 0.05) is 36.6 Å². The van der Waals surface area contributed by atoms with Crippen LogP contribution in [0.25, 0.3) is 0 Å². The Hall–Kier alpha value is -11.3. The van der Waals surface area contributed by atoms with Gasteiger partial charge in [-0.05, 0) is 80.7 Å². The van der Waals surface area contributed by atoms with E-state index in [0.29, 0.717) is 37.9 Å². The van der Waals surface area contributed by atoms with Crippen molar-refractivity contribution in [1.82, 2.24) is 99.7 Å². The van der Waals surface area contributed by atoms with Crippen LogP contribution in [0.3, 0.4) is 0 Å². The molecule has 0 saturated heterocycles. The second kappa shape index (κ2) is 53.2. The predicted octanol–water partition coefficient (Wildman–Crippen LogP) is -7.83. The summed E-state index contributed by atoms with van der Waals surface area (Å²) in [6, 6.07) is -21.4. The summed E-state index contributed by atoms with van der Waals surface area (Å²) >= 11 is 0. The fraction of sp³-hybridized carbons (Fsp3) is 0.676. The van der Waals surface area contributed by atoms with E-state index in [2.05, 4.69) is 99.7 Å². The molecule has 0 aliphatic heterocycles. The SMILES string of the molecule is CC[C@H](C)[C@H](NC(=O)[C@H](Cc1cnc[nH]1)NC(=O)[C@H](CO)NC(=O)[C@@H](N)CCCCN)C(=O)N[C@@H](CC(N)=O)C(=O)N[C@H](C(=O)N[C@H](C(=O)N[C@H](C(=O)N[C@H](C(=O)NCC(=O)N[C@@H](Cc1cnc[nH]1)C(=O)N[C@H](C(=O)N[C@@H](CC(=O)O)C(=O)N[C@@H](CO)C(=O)NCC(=O)N[C@@H](CCCCN)C(=O)O)C(C)C)[C@@H](C)CC)C(C)C)C(C)C)C(C)C. The Morgan fingerprint density at radius 1 is 0.378 bits per heavy atom. The van der Waals surface area contributed by atoms with E-state index in [4.69, 9.17) is 22.9 Å². The van der Waals surface area contributed by atoms with Gasteiger partial charge < -0.3 is 133 Å². The van der Waals surface area contributed by atoms with E-state index in [0.717, 1.165) is 0 Å². The number of hydrogen-bond acceptors (Lipinski definition) is 25. The number of rotatable bonds is 57. The van der Waals surface area contributed by atoms with Gasteiger partial charge in [0.2, 0.25) is 94.5 Å². The molecule has 0 radical (unpaired) electrons. The highest BCUT2D eigenvalue weighted by Gasteiger charge is 2.41. The molecule has 16 amide bonds. The fourth-order valence-electron chi connectivity index (χ4n) is 11.7. The predicted molar refractivity (Wildman–Crippen MR) is 426 cm³/mol. The standard InChI is InChI=1S/C74H125N23O22/c1-13-39(11)59(68(112)82-30-53(102)86-45(23-41-27-79-33-83-41)64(108)92-55(35(3)4)69(113)89-48(26-54(103)104)63(107)91-49(31-98)62(106)81-29-52(101)85-44(74(118)119)20-16-18-22-76)97-72(116)58(38(9)10)95-71(115)57(37(7)8)94-70(114)56(36(5)6)93-66(110)47(25-51(78)100)88-73(117)60(40(12)14-2)96-65(109)46(24-42-28-80-34-84-42)87-67(111)50(32-99)90-61(105)43(77)19-15-17-21-75/h27-28,33-40,43-50,55-60,98-99H,13-26,29-32,75-77H2,1-12H3,(H2,78,100)(H,79,83)(H,80,84)(H,81,106)(H,82,112)(H,85,101)(H,86,102)(H,87,111)(H,88,117)(H,89,113)(H,90,105)(H,91,107)(H,92,108)(H,93,110)(H,94,114)(H,95,115)(H,96,109)(H,97,116)(H,103,104)(H,118,119)/t39-,40-,43-,44-,45-,46-,47-,48-,49-,50-,55-,56-,57-,58-,59-,60-/m0/s1. The smallest absolute Gasteiger partial charge is 0.326 e. The summed E-state index contributed by atoms with van der Waals surface area (Å²) in [5, 5.41) is 75.9. The molecule has 2 aromatic heterocycles. The zero-order valence-electron chi connectivity index (χ0n) is 69.4. The van der Waals surface area contributed by atoms with Crippen LogP contribution in [0.15, 0.2) is 25.0 Å². The van der Waals surface area contributed by atoms with E-state index < -0.39 is 266 Å². The number of hydrogen-bond donors (Lipinski definition) is 25. The lowest BCUT2D eigenvalue weighted by atomic mass is 9.95. The van der Waals surface area contributed by atoms with Crippen LogP contribution >= 0.6 is 0 Å². The van der Waals surface area contributed by atoms with Crippen LogP contribution in [0.2, 0.25) is 0 Å². The van der Waals surface area contributed by atoms with Crippen LogP contribution in [0, 0.1) is 35.5 Å². The number of aliphatic hydroxyl groups excluding tert-OH is 2. The van der Waals surface area contributed by atoms with Crippen molar-refractivity contribution < 1.29 is 107 Å². The highest BCUT2D eigenvalue weighted by molar-refractivity contribution is 6.01. The summed E-state index contributed by atoms with van der Waals surface area (Å²) in [7, 11) is 0. The number of carboxylic acid groups (broad SMARTS) is 2. The quantitative estimate of drug-likeness (QED) is 0.0274. The van der Waals surface area contributed by atoms with Crippen molar-refractivity contribution >= 4 is 106 Å². The van der Waals surface area contributed by atoms with Gasteiger partial charge in [0.05, 0.1) is 57.8 Å². The van der Waals surface area contributed by atoms with E-state index >= 15 is 0 Å². The van der Waals surface area contributed by atoms with Gasteiger partial charge >= 0.3 is 11.9 Å². The molecule has 0 bridgehead atoms. The average molecular weight is 1690 g/mol. The molecule has 0 aliphatic carbocycles. The number of carbonyl (C=O) groups excluding carboxylic acids is 16. The van der Waals surface area contributed by atoms with Gasteiger partial charge in [0.1, 0.15) is 78.5 Å². The molecule has 29 N–H and O–H groups in total. The third kappa shape index (κ3) is 36.6. The Kier molecular flexibility index (Phi) is 46.4. The fourth-order valence-corrected chi connectivity index (χ4v) is 11.7. The maximum Gasteiger partial charge on any atom is 0.326 e.